The first-order valence-electron chi connectivity index (χ1n) is 45.5. The van der Waals surface area contributed by atoms with Gasteiger partial charge in [0.25, 0.3) is 7.82 Å². The summed E-state index contributed by atoms with van der Waals surface area (Å²) in [6.07, 6.45) is 114. The number of hydrogen-bond donors (Lipinski definition) is 0. The van der Waals surface area contributed by atoms with E-state index in [1.165, 1.54) is 372 Å². The summed E-state index contributed by atoms with van der Waals surface area (Å²) >= 11 is 0. The van der Waals surface area contributed by atoms with Crippen LogP contribution < -0.4 is 4.89 Å². The average molecular weight is 1470 g/mol. The molecule has 0 rings (SSSR count). The van der Waals surface area contributed by atoms with Crippen molar-refractivity contribution in [2.24, 2.45) is 0 Å². The third-order valence-corrected chi connectivity index (χ3v) is 21.8. The van der Waals surface area contributed by atoms with Crippen molar-refractivity contribution in [1.82, 2.24) is 0 Å². The third kappa shape index (κ3) is 88.5. The van der Waals surface area contributed by atoms with E-state index in [2.05, 4.69) is 74.6 Å². The average Bonchev–Trinajstić information content (AvgIpc) is 0.971. The van der Waals surface area contributed by atoms with E-state index in [4.69, 9.17) is 18.5 Å². The maximum absolute atomic E-state index is 12.9. The van der Waals surface area contributed by atoms with E-state index < -0.39 is 26.5 Å². The van der Waals surface area contributed by atoms with Gasteiger partial charge in [-0.2, -0.15) is 0 Å². The lowest BCUT2D eigenvalue weighted by molar-refractivity contribution is -0.870. The van der Waals surface area contributed by atoms with Gasteiger partial charge >= 0.3 is 11.9 Å². The lowest BCUT2D eigenvalue weighted by Gasteiger charge is -2.28. The van der Waals surface area contributed by atoms with Crippen molar-refractivity contribution < 1.29 is 42.1 Å². The molecule has 0 bridgehead atoms. The summed E-state index contributed by atoms with van der Waals surface area (Å²) in [6, 6.07) is 0. The molecule has 0 aliphatic rings. The molecule has 0 aromatic heterocycles. The van der Waals surface area contributed by atoms with Crippen LogP contribution in [0.15, 0.2) is 60.8 Å². The number of carbonyl (C=O) groups is 2. The number of quaternary nitrogens is 1. The zero-order valence-electron chi connectivity index (χ0n) is 69.5. The highest BCUT2D eigenvalue weighted by molar-refractivity contribution is 7.45. The number of hydrogen-bond acceptors (Lipinski definition) is 8. The maximum Gasteiger partial charge on any atom is 0.306 e. The van der Waals surface area contributed by atoms with Crippen LogP contribution in [0.2, 0.25) is 0 Å². The molecule has 0 aromatic carbocycles. The summed E-state index contributed by atoms with van der Waals surface area (Å²) in [4.78, 5) is 38.3. The Morgan fingerprint density at radius 2 is 0.553 bits per heavy atom. The second-order valence-corrected chi connectivity index (χ2v) is 33.7. The Kier molecular flexibility index (Phi) is 81.9. The number of carbonyl (C=O) groups excluding carboxylic acids is 2. The van der Waals surface area contributed by atoms with Crippen LogP contribution in [0.4, 0.5) is 0 Å². The van der Waals surface area contributed by atoms with E-state index in [0.29, 0.717) is 17.4 Å². The first-order valence-corrected chi connectivity index (χ1v) is 47.0. The van der Waals surface area contributed by atoms with Gasteiger partial charge in [-0.15, -0.1) is 0 Å². The quantitative estimate of drug-likeness (QED) is 0.0195. The minimum Gasteiger partial charge on any atom is -0.756 e. The van der Waals surface area contributed by atoms with E-state index >= 15 is 0 Å². The van der Waals surface area contributed by atoms with Crippen molar-refractivity contribution in [1.29, 1.82) is 0 Å². The van der Waals surface area contributed by atoms with E-state index in [-0.39, 0.29) is 32.0 Å². The molecule has 0 heterocycles. The molecule has 10 heteroatoms. The third-order valence-electron chi connectivity index (χ3n) is 20.8. The molecule has 0 aliphatic carbocycles. The lowest BCUT2D eigenvalue weighted by atomic mass is 10.0. The van der Waals surface area contributed by atoms with Crippen molar-refractivity contribution in [2.45, 2.75) is 476 Å². The SMILES string of the molecule is CC/C=C\C/C=C\C/C=C\C/C=C\C/C=C\CCCCCCCCCCCCCCCCCCCCCCCCCCCC(=O)OC(COC(=O)CCCCCCCCCCCCCCCCCCCCCCCCCCCCCCCCCCCCCCCC)COP(=O)([O-])OCC[N+](C)(C)C. The Hall–Kier alpha value is -2.29. The Labute approximate surface area is 642 Å². The maximum atomic E-state index is 12.9. The Morgan fingerprint density at radius 3 is 0.825 bits per heavy atom. The van der Waals surface area contributed by atoms with Gasteiger partial charge in [0, 0.05) is 12.8 Å². The van der Waals surface area contributed by atoms with Gasteiger partial charge in [-0.3, -0.25) is 14.2 Å². The van der Waals surface area contributed by atoms with Crippen LogP contribution in [0.3, 0.4) is 0 Å². The molecule has 2 atom stereocenters. The van der Waals surface area contributed by atoms with Gasteiger partial charge < -0.3 is 27.9 Å². The molecule has 0 radical (unpaired) electrons. The number of ether oxygens (including phenoxy) is 2. The largest absolute Gasteiger partial charge is 0.756 e. The summed E-state index contributed by atoms with van der Waals surface area (Å²) < 4.78 is 34.5. The highest BCUT2D eigenvalue weighted by atomic mass is 31.2. The Morgan fingerprint density at radius 1 is 0.311 bits per heavy atom. The second-order valence-electron chi connectivity index (χ2n) is 32.3. The van der Waals surface area contributed by atoms with Crippen LogP contribution in [-0.2, 0) is 32.7 Å². The normalized spacial score (nSPS) is 13.2. The predicted molar refractivity (Wildman–Crippen MR) is 448 cm³/mol. The molecule has 2 unspecified atom stereocenters. The smallest absolute Gasteiger partial charge is 0.306 e. The highest BCUT2D eigenvalue weighted by Crippen LogP contribution is 2.38. The fourth-order valence-corrected chi connectivity index (χ4v) is 14.7. The molecule has 0 aromatic rings. The predicted octanol–water partition coefficient (Wildman–Crippen LogP) is 30.2. The van der Waals surface area contributed by atoms with Crippen LogP contribution in [0, 0.1) is 0 Å². The summed E-state index contributed by atoms with van der Waals surface area (Å²) in [5.41, 5.74) is 0. The molecule has 0 amide bonds. The van der Waals surface area contributed by atoms with Gasteiger partial charge in [0.1, 0.15) is 19.8 Å². The number of phosphoric ester groups is 1. The molecule has 0 saturated carbocycles. The molecular formula is C93H176NO8P. The fraction of sp³-hybridized carbons (Fsp3) is 0.871. The van der Waals surface area contributed by atoms with Crippen LogP contribution in [-0.4, -0.2) is 70.0 Å². The fourth-order valence-electron chi connectivity index (χ4n) is 13.9. The number of esters is 2. The van der Waals surface area contributed by atoms with Gasteiger partial charge in [-0.05, 0) is 57.8 Å². The molecule has 0 N–H and O–H groups in total. The first kappa shape index (κ1) is 101. The zero-order chi connectivity index (χ0) is 74.7. The number of unbranched alkanes of at least 4 members (excludes halogenated alkanes) is 62. The van der Waals surface area contributed by atoms with Crippen molar-refractivity contribution in [2.75, 3.05) is 47.5 Å². The van der Waals surface area contributed by atoms with Gasteiger partial charge in [-0.1, -0.05) is 460 Å². The number of allylic oxidation sites excluding steroid dienone is 10. The molecular weight excluding hydrogens is 1290 g/mol. The molecule has 0 saturated heterocycles. The van der Waals surface area contributed by atoms with Crippen molar-refractivity contribution in [3.63, 3.8) is 0 Å². The summed E-state index contributed by atoms with van der Waals surface area (Å²) in [5.74, 6) is -0.804. The molecule has 103 heavy (non-hydrogen) atoms. The monoisotopic (exact) mass is 1470 g/mol. The Bertz CT molecular complexity index is 1920. The number of phosphoric acid groups is 1. The van der Waals surface area contributed by atoms with Crippen molar-refractivity contribution in [3.05, 3.63) is 60.8 Å². The molecule has 9 nitrogen and oxygen atoms in total. The Balaban J connectivity index is 3.83. The summed E-state index contributed by atoms with van der Waals surface area (Å²) in [7, 11) is 1.19. The van der Waals surface area contributed by atoms with E-state index in [1.54, 1.807) is 0 Å². The first-order chi connectivity index (χ1) is 50.5. The molecule has 0 spiro atoms. The zero-order valence-corrected chi connectivity index (χ0v) is 70.4. The topological polar surface area (TPSA) is 111 Å². The van der Waals surface area contributed by atoms with Crippen molar-refractivity contribution >= 4 is 19.8 Å². The van der Waals surface area contributed by atoms with E-state index in [9.17, 15) is 19.0 Å². The molecule has 0 fully saturated rings. The van der Waals surface area contributed by atoms with Crippen LogP contribution in [0.5, 0.6) is 0 Å². The van der Waals surface area contributed by atoms with E-state index in [0.717, 1.165) is 64.2 Å². The second kappa shape index (κ2) is 83.7. The molecule has 606 valence electrons. The minimum absolute atomic E-state index is 0.0273. The van der Waals surface area contributed by atoms with Gasteiger partial charge in [0.15, 0.2) is 6.10 Å². The van der Waals surface area contributed by atoms with Gasteiger partial charge in [-0.25, -0.2) is 0 Å². The highest BCUT2D eigenvalue weighted by Gasteiger charge is 2.22. The van der Waals surface area contributed by atoms with Crippen LogP contribution in [0.1, 0.15) is 470 Å². The minimum atomic E-state index is -4.65. The van der Waals surface area contributed by atoms with Crippen LogP contribution >= 0.6 is 7.82 Å². The van der Waals surface area contributed by atoms with Gasteiger partial charge in [0.05, 0.1) is 27.7 Å². The number of likely N-dealkylation sites (N-methyl/N-ethyl adjacent to an activating group) is 1. The standard InChI is InChI=1S/C93H176NO8P/c1-6-8-10-12-14-16-18-20-22-24-26-28-30-32-34-36-38-40-42-44-46-47-48-50-52-54-56-58-60-62-64-66-68-70-72-74-76-78-80-82-84-86-93(96)102-91(90-101-103(97,98)100-88-87-94(3,4)5)89-99-92(95)85-83-81-79-77-75-73-71-69-67-65-63-61-59-57-55-53-51-49-45-43-41-39-37-35-33-31-29-27-25-23-21-19-17-15-13-11-9-7-2/h8,10,14,16,20,22,26,28,32,34,91H,6-7,9,11-13,15,17-19,21,23-25,27,29-31,33,35-90H2,1-5H3/b10-8-,16-14-,22-20-,28-26-,34-32-. The van der Waals surface area contributed by atoms with E-state index in [1.807, 2.05) is 21.1 Å². The number of rotatable bonds is 86. The summed E-state index contributed by atoms with van der Waals surface area (Å²) in [5, 5.41) is 0. The van der Waals surface area contributed by atoms with Gasteiger partial charge in [0.2, 0.25) is 0 Å². The number of nitrogens with zero attached hydrogens (tertiary/aromatic N) is 1. The summed E-state index contributed by atoms with van der Waals surface area (Å²) in [6.45, 7) is 4.22. The van der Waals surface area contributed by atoms with Crippen LogP contribution in [0.25, 0.3) is 0 Å². The van der Waals surface area contributed by atoms with Crippen molar-refractivity contribution in [3.8, 4) is 0 Å². The molecule has 0 aliphatic heterocycles. The lowest BCUT2D eigenvalue weighted by Crippen LogP contribution is -2.37.